The van der Waals surface area contributed by atoms with E-state index in [-0.39, 0.29) is 18.2 Å². The normalized spacial score (nSPS) is 20.8. The molecule has 0 bridgehead atoms. The lowest BCUT2D eigenvalue weighted by Crippen LogP contribution is -2.26. The number of hydrogen-bond donors (Lipinski definition) is 0. The number of Topliss-reactive ketones (excluding diaryl/α,β-unsaturated/α-hetero) is 1. The zero-order valence-corrected chi connectivity index (χ0v) is 20.7. The topological polar surface area (TPSA) is 61.8 Å². The van der Waals surface area contributed by atoms with Gasteiger partial charge in [-0.3, -0.25) is 4.79 Å². The van der Waals surface area contributed by atoms with E-state index in [0.717, 1.165) is 62.2 Å². The van der Waals surface area contributed by atoms with Crippen molar-refractivity contribution in [2.24, 2.45) is 0 Å². The Morgan fingerprint density at radius 1 is 1.09 bits per heavy atom. The molecule has 0 N–H and O–H groups in total. The molecule has 1 saturated heterocycles. The summed E-state index contributed by atoms with van der Waals surface area (Å²) in [6, 6.07) is 0. The van der Waals surface area contributed by atoms with Crippen molar-refractivity contribution in [2.45, 2.75) is 116 Å². The molecule has 2 atom stereocenters. The van der Waals surface area contributed by atoms with Crippen molar-refractivity contribution in [3.63, 3.8) is 0 Å². The van der Waals surface area contributed by atoms with Gasteiger partial charge in [0.25, 0.3) is 0 Å². The van der Waals surface area contributed by atoms with E-state index in [0.29, 0.717) is 25.2 Å². The Morgan fingerprint density at radius 3 is 2.59 bits per heavy atom. The van der Waals surface area contributed by atoms with Crippen LogP contribution < -0.4 is 0 Å². The highest BCUT2D eigenvalue weighted by atomic mass is 32.2. The summed E-state index contributed by atoms with van der Waals surface area (Å²) in [6.45, 7) is 3.60. The smallest absolute Gasteiger partial charge is 0.179 e. The molecule has 6 heteroatoms. The van der Waals surface area contributed by atoms with Crippen LogP contribution in [0.5, 0.6) is 0 Å². The number of unbranched alkanes of at least 4 members (excludes halogenated alkanes) is 8. The highest BCUT2D eigenvalue weighted by Gasteiger charge is 2.28. The molecule has 32 heavy (non-hydrogen) atoms. The van der Waals surface area contributed by atoms with Crippen molar-refractivity contribution in [3.05, 3.63) is 16.7 Å². The number of carbonyl (C=O) groups is 1. The summed E-state index contributed by atoms with van der Waals surface area (Å²) in [6.07, 6.45) is 17.6. The molecule has 0 radical (unpaired) electrons. The summed E-state index contributed by atoms with van der Waals surface area (Å²) in [5, 5.41) is 0. The fraction of sp³-hybridized carbons (Fsp3) is 0.808. The van der Waals surface area contributed by atoms with Gasteiger partial charge in [-0.1, -0.05) is 51.9 Å². The van der Waals surface area contributed by atoms with Crippen LogP contribution in [-0.2, 0) is 23.8 Å². The molecule has 2 aliphatic rings. The van der Waals surface area contributed by atoms with Gasteiger partial charge < -0.3 is 14.2 Å². The molecule has 1 aliphatic heterocycles. The average molecular weight is 467 g/mol. The van der Waals surface area contributed by atoms with Gasteiger partial charge in [0.05, 0.1) is 12.7 Å². The zero-order valence-electron chi connectivity index (χ0n) is 19.9. The minimum Gasteiger partial charge on any atom is -0.487 e. The van der Waals surface area contributed by atoms with Crippen LogP contribution in [0.15, 0.2) is 16.7 Å². The summed E-state index contributed by atoms with van der Waals surface area (Å²) < 4.78 is 17.1. The fourth-order valence-corrected chi connectivity index (χ4v) is 5.05. The summed E-state index contributed by atoms with van der Waals surface area (Å²) in [5.74, 6) is 3.41. The molecule has 0 spiro atoms. The second-order valence-corrected chi connectivity index (χ2v) is 9.92. The maximum absolute atomic E-state index is 12.2. The second-order valence-electron chi connectivity index (χ2n) is 8.78. The average Bonchev–Trinajstić information content (AvgIpc) is 3.15. The van der Waals surface area contributed by atoms with Crippen molar-refractivity contribution in [2.75, 3.05) is 19.0 Å². The van der Waals surface area contributed by atoms with Crippen molar-refractivity contribution in [3.8, 4) is 0 Å². The molecular formula is C26H42O5S. The Morgan fingerprint density at radius 2 is 1.88 bits per heavy atom. The Balaban J connectivity index is 1.48. The van der Waals surface area contributed by atoms with E-state index < -0.39 is 0 Å². The van der Waals surface area contributed by atoms with Gasteiger partial charge in [0.15, 0.2) is 23.8 Å². The lowest BCUT2D eigenvalue weighted by atomic mass is 10.1. The molecule has 5 nitrogen and oxygen atoms in total. The third-order valence-corrected chi connectivity index (χ3v) is 7.07. The molecular weight excluding hydrogens is 424 g/mol. The van der Waals surface area contributed by atoms with Gasteiger partial charge in [0.1, 0.15) is 0 Å². The second kappa shape index (κ2) is 17.4. The van der Waals surface area contributed by atoms with Crippen LogP contribution in [0.3, 0.4) is 0 Å². The molecule has 0 aromatic carbocycles. The first kappa shape index (κ1) is 27.2. The van der Waals surface area contributed by atoms with Crippen LogP contribution in [0.1, 0.15) is 103 Å². The van der Waals surface area contributed by atoms with E-state index in [2.05, 4.69) is 6.92 Å². The molecule has 0 amide bonds. The molecule has 0 aromatic heterocycles. The van der Waals surface area contributed by atoms with Gasteiger partial charge in [0, 0.05) is 24.4 Å². The summed E-state index contributed by atoms with van der Waals surface area (Å²) in [7, 11) is 0. The van der Waals surface area contributed by atoms with Crippen LogP contribution >= 0.6 is 11.8 Å². The van der Waals surface area contributed by atoms with E-state index in [1.165, 1.54) is 38.5 Å². The number of ether oxygens (including phenoxy) is 3. The minimum atomic E-state index is -0.165. The quantitative estimate of drug-likeness (QED) is 0.130. The van der Waals surface area contributed by atoms with E-state index in [1.54, 1.807) is 11.8 Å². The van der Waals surface area contributed by atoms with E-state index >= 15 is 0 Å². The van der Waals surface area contributed by atoms with Crippen LogP contribution in [0.2, 0.25) is 0 Å². The maximum Gasteiger partial charge on any atom is 0.179 e. The van der Waals surface area contributed by atoms with Gasteiger partial charge >= 0.3 is 0 Å². The number of rotatable bonds is 18. The molecule has 0 saturated carbocycles. The highest BCUT2D eigenvalue weighted by molar-refractivity contribution is 8.04. The van der Waals surface area contributed by atoms with Gasteiger partial charge in [-0.25, -0.2) is 4.79 Å². The molecule has 1 heterocycles. The third kappa shape index (κ3) is 11.7. The lowest BCUT2D eigenvalue weighted by Gasteiger charge is -2.24. The minimum absolute atomic E-state index is 0.151. The Labute approximate surface area is 198 Å². The third-order valence-electron chi connectivity index (χ3n) is 5.91. The van der Waals surface area contributed by atoms with Crippen molar-refractivity contribution < 1.29 is 23.8 Å². The van der Waals surface area contributed by atoms with Gasteiger partial charge in [-0.05, 0) is 50.4 Å². The lowest BCUT2D eigenvalue weighted by molar-refractivity contribution is -0.178. The molecule has 1 fully saturated rings. The van der Waals surface area contributed by atoms with Crippen molar-refractivity contribution >= 4 is 23.5 Å². The standard InChI is InChI=1S/C26H42O5S/c1-2-3-4-5-6-7-8-11-16-29-22(21-27)14-10-13-18-32-25-20-23(19-24(25)28)31-26-15-9-12-17-30-26/h20,23,26H,2-19H2,1H3. The number of carbonyl (C=O) groups excluding carboxylic acids is 2. The van der Waals surface area contributed by atoms with Crippen molar-refractivity contribution in [1.29, 1.82) is 0 Å². The zero-order chi connectivity index (χ0) is 22.9. The number of allylic oxidation sites excluding steroid dienone is 2. The molecule has 182 valence electrons. The van der Waals surface area contributed by atoms with Crippen LogP contribution in [0.25, 0.3) is 0 Å². The first-order chi connectivity index (χ1) is 15.7. The first-order valence-electron chi connectivity index (χ1n) is 12.7. The predicted octanol–water partition coefficient (Wildman–Crippen LogP) is 6.53. The van der Waals surface area contributed by atoms with Crippen LogP contribution in [-0.4, -0.2) is 43.1 Å². The Kier molecular flexibility index (Phi) is 14.8. The summed E-state index contributed by atoms with van der Waals surface area (Å²) >= 11 is 1.59. The Hall–Kier alpha value is -1.07. The summed E-state index contributed by atoms with van der Waals surface area (Å²) in [4.78, 5) is 24.1. The Bertz CT molecular complexity index is 605. The monoisotopic (exact) mass is 466 g/mol. The van der Waals surface area contributed by atoms with E-state index in [9.17, 15) is 9.59 Å². The number of ketones is 1. The predicted molar refractivity (Wildman–Crippen MR) is 130 cm³/mol. The summed E-state index contributed by atoms with van der Waals surface area (Å²) in [5.41, 5.74) is 0. The first-order valence-corrected chi connectivity index (χ1v) is 13.7. The van der Waals surface area contributed by atoms with Gasteiger partial charge in [-0.2, -0.15) is 0 Å². The molecule has 2 rings (SSSR count). The SMILES string of the molecule is CCCCCCCCCCOC(=C=O)CCCCSC1=CC(OC2CCCCO2)CC1=O. The highest BCUT2D eigenvalue weighted by Crippen LogP contribution is 2.30. The van der Waals surface area contributed by atoms with Crippen molar-refractivity contribution in [1.82, 2.24) is 0 Å². The fourth-order valence-electron chi connectivity index (χ4n) is 3.99. The van der Waals surface area contributed by atoms with Gasteiger partial charge in [-0.15, -0.1) is 11.8 Å². The van der Waals surface area contributed by atoms with Crippen LogP contribution in [0.4, 0.5) is 0 Å². The van der Waals surface area contributed by atoms with Gasteiger partial charge in [0.2, 0.25) is 0 Å². The van der Waals surface area contributed by atoms with E-state index in [1.807, 2.05) is 12.0 Å². The largest absolute Gasteiger partial charge is 0.487 e. The maximum atomic E-state index is 12.2. The number of hydrogen-bond acceptors (Lipinski definition) is 6. The number of thioether (sulfide) groups is 1. The molecule has 2 unspecified atom stereocenters. The van der Waals surface area contributed by atoms with Crippen LogP contribution in [0, 0.1) is 0 Å². The molecule has 0 aromatic rings. The molecule has 1 aliphatic carbocycles. The van der Waals surface area contributed by atoms with E-state index in [4.69, 9.17) is 14.2 Å².